The molecule has 4 N–H and O–H groups in total. The summed E-state index contributed by atoms with van der Waals surface area (Å²) in [4.78, 5) is 21.4. The van der Waals surface area contributed by atoms with Crippen LogP contribution in [0.3, 0.4) is 0 Å². The molecule has 0 saturated carbocycles. The van der Waals surface area contributed by atoms with E-state index in [-0.39, 0.29) is 11.3 Å². The van der Waals surface area contributed by atoms with Gasteiger partial charge in [0.2, 0.25) is 5.91 Å². The molecule has 0 bridgehead atoms. The molecule has 1 rings (SSSR count). The average molecular weight is 266 g/mol. The number of anilines is 1. The second-order valence-corrected chi connectivity index (χ2v) is 4.39. The van der Waals surface area contributed by atoms with E-state index in [0.717, 1.165) is 0 Å². The number of hydrogen-bond donors (Lipinski definition) is 3. The summed E-state index contributed by atoms with van der Waals surface area (Å²) in [5, 5.41) is 17.1. The van der Waals surface area contributed by atoms with E-state index >= 15 is 0 Å². The highest BCUT2D eigenvalue weighted by Crippen LogP contribution is 2.25. The van der Waals surface area contributed by atoms with Crippen molar-refractivity contribution in [3.05, 3.63) is 33.9 Å². The van der Waals surface area contributed by atoms with Crippen LogP contribution in [-0.4, -0.2) is 30.0 Å². The number of primary amides is 1. The molecule has 0 aromatic heterocycles. The monoisotopic (exact) mass is 266 g/mol. The number of hydrogen-bond acceptors (Lipinski definition) is 5. The number of carbonyl (C=O) groups is 1. The Labute approximate surface area is 111 Å². The van der Waals surface area contributed by atoms with Crippen LogP contribution in [0.4, 0.5) is 11.4 Å². The Morgan fingerprint density at radius 3 is 2.63 bits per heavy atom. The Morgan fingerprint density at radius 1 is 1.42 bits per heavy atom. The molecular weight excluding hydrogens is 248 g/mol. The van der Waals surface area contributed by atoms with Crippen molar-refractivity contribution in [3.63, 3.8) is 0 Å². The minimum Gasteiger partial charge on any atom is -0.378 e. The predicted molar refractivity (Wildman–Crippen MR) is 73.2 cm³/mol. The van der Waals surface area contributed by atoms with Gasteiger partial charge in [-0.1, -0.05) is 13.8 Å². The molecule has 7 heteroatoms. The van der Waals surface area contributed by atoms with E-state index in [2.05, 4.69) is 10.6 Å². The summed E-state index contributed by atoms with van der Waals surface area (Å²) >= 11 is 0. The number of carbonyl (C=O) groups excluding carboxylic acids is 1. The standard InChI is InChI=1S/C12H18N4O3/c1-8(2)14-5-6-15-10-4-3-9(12(13)17)7-11(10)16(18)19/h3-4,7-8,14-15H,5-6H2,1-2H3,(H2,13,17). The lowest BCUT2D eigenvalue weighted by Crippen LogP contribution is -2.28. The molecule has 0 aliphatic heterocycles. The first-order valence-electron chi connectivity index (χ1n) is 5.97. The summed E-state index contributed by atoms with van der Waals surface area (Å²) in [6.45, 7) is 5.27. The van der Waals surface area contributed by atoms with Gasteiger partial charge < -0.3 is 16.4 Å². The van der Waals surface area contributed by atoms with Crippen molar-refractivity contribution in [2.45, 2.75) is 19.9 Å². The summed E-state index contributed by atoms with van der Waals surface area (Å²) in [6.07, 6.45) is 0. The van der Waals surface area contributed by atoms with Crippen LogP contribution in [-0.2, 0) is 0 Å². The first-order chi connectivity index (χ1) is 8.91. The molecule has 0 atom stereocenters. The van der Waals surface area contributed by atoms with Gasteiger partial charge in [0.25, 0.3) is 5.69 Å². The number of benzene rings is 1. The van der Waals surface area contributed by atoms with E-state index in [0.29, 0.717) is 24.8 Å². The first kappa shape index (κ1) is 14.9. The van der Waals surface area contributed by atoms with Crippen LogP contribution in [0.15, 0.2) is 18.2 Å². The Balaban J connectivity index is 2.77. The van der Waals surface area contributed by atoms with Gasteiger partial charge in [-0.25, -0.2) is 0 Å². The molecule has 7 nitrogen and oxygen atoms in total. The number of nitrogens with zero attached hydrogens (tertiary/aromatic N) is 1. The summed E-state index contributed by atoms with van der Waals surface area (Å²) in [5.41, 5.74) is 5.44. The second-order valence-electron chi connectivity index (χ2n) is 4.39. The zero-order valence-corrected chi connectivity index (χ0v) is 11.0. The molecule has 19 heavy (non-hydrogen) atoms. The van der Waals surface area contributed by atoms with Crippen molar-refractivity contribution < 1.29 is 9.72 Å². The lowest BCUT2D eigenvalue weighted by molar-refractivity contribution is -0.384. The maximum atomic E-state index is 11.0. The van der Waals surface area contributed by atoms with Crippen LogP contribution in [0.25, 0.3) is 0 Å². The fourth-order valence-electron chi connectivity index (χ4n) is 1.54. The maximum Gasteiger partial charge on any atom is 0.293 e. The third-order valence-corrected chi connectivity index (χ3v) is 2.47. The van der Waals surface area contributed by atoms with Crippen molar-refractivity contribution in [3.8, 4) is 0 Å². The van der Waals surface area contributed by atoms with E-state index < -0.39 is 10.8 Å². The van der Waals surface area contributed by atoms with Crippen molar-refractivity contribution >= 4 is 17.3 Å². The van der Waals surface area contributed by atoms with Gasteiger partial charge in [0.05, 0.1) is 4.92 Å². The van der Waals surface area contributed by atoms with Gasteiger partial charge in [-0.2, -0.15) is 0 Å². The molecule has 0 radical (unpaired) electrons. The smallest absolute Gasteiger partial charge is 0.293 e. The molecule has 0 heterocycles. The van der Waals surface area contributed by atoms with E-state index in [4.69, 9.17) is 5.73 Å². The molecule has 0 aliphatic carbocycles. The summed E-state index contributed by atoms with van der Waals surface area (Å²) in [5.74, 6) is -0.684. The van der Waals surface area contributed by atoms with Crippen LogP contribution >= 0.6 is 0 Å². The first-order valence-corrected chi connectivity index (χ1v) is 5.97. The SMILES string of the molecule is CC(C)NCCNc1ccc(C(N)=O)cc1[N+](=O)[O-]. The van der Waals surface area contributed by atoms with Crippen LogP contribution in [0.5, 0.6) is 0 Å². The fraction of sp³-hybridized carbons (Fsp3) is 0.417. The molecule has 0 spiro atoms. The fourth-order valence-corrected chi connectivity index (χ4v) is 1.54. The van der Waals surface area contributed by atoms with E-state index in [1.54, 1.807) is 0 Å². The number of amides is 1. The molecule has 1 aromatic rings. The quantitative estimate of drug-likeness (QED) is 0.389. The third-order valence-electron chi connectivity index (χ3n) is 2.47. The van der Waals surface area contributed by atoms with Gasteiger partial charge in [-0.3, -0.25) is 14.9 Å². The largest absolute Gasteiger partial charge is 0.378 e. The molecule has 0 aliphatic rings. The number of nitrogens with two attached hydrogens (primary N) is 1. The lowest BCUT2D eigenvalue weighted by atomic mass is 10.1. The normalized spacial score (nSPS) is 10.5. The highest BCUT2D eigenvalue weighted by Gasteiger charge is 2.16. The lowest BCUT2D eigenvalue weighted by Gasteiger charge is -2.10. The number of nitrogens with one attached hydrogen (secondary N) is 2. The Morgan fingerprint density at radius 2 is 2.11 bits per heavy atom. The zero-order valence-electron chi connectivity index (χ0n) is 11.0. The highest BCUT2D eigenvalue weighted by molar-refractivity contribution is 5.94. The molecule has 0 saturated heterocycles. The molecular formula is C12H18N4O3. The van der Waals surface area contributed by atoms with Gasteiger partial charge in [-0.05, 0) is 12.1 Å². The molecule has 0 fully saturated rings. The van der Waals surface area contributed by atoms with Crippen molar-refractivity contribution in [2.24, 2.45) is 5.73 Å². The minimum absolute atomic E-state index is 0.123. The predicted octanol–water partition coefficient (Wildman–Crippen LogP) is 1.10. The van der Waals surface area contributed by atoms with Crippen LogP contribution in [0, 0.1) is 10.1 Å². The van der Waals surface area contributed by atoms with Gasteiger partial charge in [-0.15, -0.1) is 0 Å². The summed E-state index contributed by atoms with van der Waals surface area (Å²) in [7, 11) is 0. The number of rotatable bonds is 7. The number of nitro benzene ring substituents is 1. The average Bonchev–Trinajstić information content (AvgIpc) is 2.34. The number of nitro groups is 1. The van der Waals surface area contributed by atoms with Crippen LogP contribution < -0.4 is 16.4 Å². The van der Waals surface area contributed by atoms with E-state index in [9.17, 15) is 14.9 Å². The van der Waals surface area contributed by atoms with E-state index in [1.807, 2.05) is 13.8 Å². The topological polar surface area (TPSA) is 110 Å². The van der Waals surface area contributed by atoms with Gasteiger partial charge >= 0.3 is 0 Å². The van der Waals surface area contributed by atoms with Crippen LogP contribution in [0.1, 0.15) is 24.2 Å². The van der Waals surface area contributed by atoms with Crippen molar-refractivity contribution in [1.29, 1.82) is 0 Å². The Bertz CT molecular complexity index is 474. The molecule has 104 valence electrons. The Hall–Kier alpha value is -2.15. The van der Waals surface area contributed by atoms with Gasteiger partial charge in [0.1, 0.15) is 5.69 Å². The maximum absolute atomic E-state index is 11.0. The summed E-state index contributed by atoms with van der Waals surface area (Å²) in [6, 6.07) is 4.50. The third kappa shape index (κ3) is 4.55. The van der Waals surface area contributed by atoms with Gasteiger partial charge in [0, 0.05) is 30.8 Å². The second kappa shape index (κ2) is 6.69. The van der Waals surface area contributed by atoms with E-state index in [1.165, 1.54) is 18.2 Å². The molecule has 1 aromatic carbocycles. The Kier molecular flexibility index (Phi) is 5.25. The molecule has 1 amide bonds. The summed E-state index contributed by atoms with van der Waals surface area (Å²) < 4.78 is 0. The van der Waals surface area contributed by atoms with Crippen molar-refractivity contribution in [2.75, 3.05) is 18.4 Å². The highest BCUT2D eigenvalue weighted by atomic mass is 16.6. The van der Waals surface area contributed by atoms with Crippen LogP contribution in [0.2, 0.25) is 0 Å². The van der Waals surface area contributed by atoms with Crippen molar-refractivity contribution in [1.82, 2.24) is 5.32 Å². The molecule has 0 unspecified atom stereocenters. The minimum atomic E-state index is -0.684. The van der Waals surface area contributed by atoms with Gasteiger partial charge in [0.15, 0.2) is 0 Å². The zero-order chi connectivity index (χ0) is 14.4.